The highest BCUT2D eigenvalue weighted by Gasteiger charge is 2.24. The third-order valence-electron chi connectivity index (χ3n) is 6.22. The number of benzene rings is 1. The number of nitrogens with one attached hydrogen (secondary N) is 2. The average molecular weight is 538 g/mol. The van der Waals surface area contributed by atoms with Crippen molar-refractivity contribution in [3.63, 3.8) is 0 Å². The third kappa shape index (κ3) is 6.29. The van der Waals surface area contributed by atoms with E-state index < -0.39 is 21.5 Å². The van der Waals surface area contributed by atoms with E-state index in [0.29, 0.717) is 23.5 Å². The standard InChI is InChI=1S/C27H35N7O3S/c1-17-7-8-19(38(36,37)33-27(2,3)4)14-20(17)22-10-9-21(29)25(31-22)26(35)32-23-15-30-12-11-24(23)34-13-5-6-18(28)16-34/h7-12,14-15,18,33H,5-6,13,16,28-29H2,1-4H3,(H,32,35)/t18-/m0/s1. The molecule has 1 atom stereocenters. The van der Waals surface area contributed by atoms with Crippen LogP contribution in [-0.2, 0) is 10.0 Å². The Labute approximate surface area is 223 Å². The molecule has 2 aromatic heterocycles. The highest BCUT2D eigenvalue weighted by Crippen LogP contribution is 2.30. The van der Waals surface area contributed by atoms with E-state index in [0.717, 1.165) is 30.6 Å². The molecule has 3 aromatic rings. The van der Waals surface area contributed by atoms with Crippen molar-refractivity contribution in [2.75, 3.05) is 29.0 Å². The average Bonchev–Trinajstić information content (AvgIpc) is 2.83. The Morgan fingerprint density at radius 1 is 1.16 bits per heavy atom. The number of pyridine rings is 2. The van der Waals surface area contributed by atoms with Gasteiger partial charge in [-0.2, -0.15) is 0 Å². The van der Waals surface area contributed by atoms with Gasteiger partial charge in [0.1, 0.15) is 0 Å². The molecule has 0 spiro atoms. The minimum Gasteiger partial charge on any atom is -0.397 e. The van der Waals surface area contributed by atoms with Gasteiger partial charge in [0.15, 0.2) is 5.69 Å². The number of nitrogen functional groups attached to an aromatic ring is 1. The lowest BCUT2D eigenvalue weighted by atomic mass is 10.0. The van der Waals surface area contributed by atoms with Gasteiger partial charge in [0.25, 0.3) is 5.91 Å². The fourth-order valence-electron chi connectivity index (χ4n) is 4.48. The van der Waals surface area contributed by atoms with E-state index >= 15 is 0 Å². The van der Waals surface area contributed by atoms with Crippen molar-refractivity contribution in [1.29, 1.82) is 0 Å². The summed E-state index contributed by atoms with van der Waals surface area (Å²) in [7, 11) is -3.76. The molecule has 1 aliphatic rings. The molecule has 0 aliphatic carbocycles. The Bertz CT molecular complexity index is 1450. The van der Waals surface area contributed by atoms with Crippen molar-refractivity contribution in [1.82, 2.24) is 14.7 Å². The summed E-state index contributed by atoms with van der Waals surface area (Å²) in [6, 6.07) is 10.0. The molecular weight excluding hydrogens is 502 g/mol. The van der Waals surface area contributed by atoms with Gasteiger partial charge < -0.3 is 21.7 Å². The molecule has 202 valence electrons. The highest BCUT2D eigenvalue weighted by molar-refractivity contribution is 7.89. The number of hydrogen-bond acceptors (Lipinski definition) is 8. The van der Waals surface area contributed by atoms with E-state index in [4.69, 9.17) is 11.5 Å². The molecule has 1 fully saturated rings. The molecule has 1 amide bonds. The summed E-state index contributed by atoms with van der Waals surface area (Å²) in [6.07, 6.45) is 5.20. The molecule has 1 aliphatic heterocycles. The molecule has 0 bridgehead atoms. The summed E-state index contributed by atoms with van der Waals surface area (Å²) in [6.45, 7) is 8.70. The molecule has 1 aromatic carbocycles. The fourth-order valence-corrected chi connectivity index (χ4v) is 5.92. The van der Waals surface area contributed by atoms with Crippen molar-refractivity contribution in [2.45, 2.75) is 57.0 Å². The third-order valence-corrected chi connectivity index (χ3v) is 7.98. The van der Waals surface area contributed by atoms with Crippen LogP contribution in [0.4, 0.5) is 17.1 Å². The van der Waals surface area contributed by atoms with Crippen LogP contribution in [-0.4, -0.2) is 49.0 Å². The van der Waals surface area contributed by atoms with Gasteiger partial charge in [-0.3, -0.25) is 9.78 Å². The molecule has 1 saturated heterocycles. The van der Waals surface area contributed by atoms with Crippen LogP contribution in [0.2, 0.25) is 0 Å². The Hall–Kier alpha value is -3.54. The SMILES string of the molecule is Cc1ccc(S(=O)(=O)NC(C)(C)C)cc1-c1ccc(N)c(C(=O)Nc2cnccc2N2CCC[C@H](N)C2)n1. The quantitative estimate of drug-likeness (QED) is 0.373. The fraction of sp³-hybridized carbons (Fsp3) is 0.370. The minimum absolute atomic E-state index is 0.0353. The van der Waals surface area contributed by atoms with Crippen LogP contribution in [0.15, 0.2) is 53.7 Å². The Balaban J connectivity index is 1.65. The first-order valence-corrected chi connectivity index (χ1v) is 14.0. The van der Waals surface area contributed by atoms with Crippen molar-refractivity contribution < 1.29 is 13.2 Å². The number of amides is 1. The van der Waals surface area contributed by atoms with Crippen LogP contribution in [0.3, 0.4) is 0 Å². The zero-order chi connectivity index (χ0) is 27.7. The molecule has 0 unspecified atom stereocenters. The van der Waals surface area contributed by atoms with Crippen LogP contribution in [0.1, 0.15) is 49.7 Å². The Kier molecular flexibility index (Phi) is 7.73. The number of carbonyl (C=O) groups excluding carboxylic acids is 1. The van der Waals surface area contributed by atoms with Crippen LogP contribution < -0.4 is 26.4 Å². The number of sulfonamides is 1. The van der Waals surface area contributed by atoms with E-state index in [9.17, 15) is 13.2 Å². The summed E-state index contributed by atoms with van der Waals surface area (Å²) in [5.41, 5.74) is 15.1. The first kappa shape index (κ1) is 27.5. The van der Waals surface area contributed by atoms with E-state index in [1.165, 1.54) is 0 Å². The predicted molar refractivity (Wildman–Crippen MR) is 151 cm³/mol. The van der Waals surface area contributed by atoms with Crippen LogP contribution in [0, 0.1) is 6.92 Å². The van der Waals surface area contributed by atoms with E-state index in [1.54, 1.807) is 63.5 Å². The minimum atomic E-state index is -3.76. The maximum absolute atomic E-state index is 13.4. The van der Waals surface area contributed by atoms with Crippen molar-refractivity contribution >= 4 is 33.0 Å². The molecule has 0 radical (unpaired) electrons. The van der Waals surface area contributed by atoms with Gasteiger partial charge >= 0.3 is 0 Å². The van der Waals surface area contributed by atoms with E-state index in [2.05, 4.69) is 24.9 Å². The topological polar surface area (TPSA) is 156 Å². The molecule has 11 heteroatoms. The number of hydrogen-bond donors (Lipinski definition) is 4. The molecule has 0 saturated carbocycles. The number of rotatable bonds is 6. The van der Waals surface area contributed by atoms with Gasteiger partial charge in [-0.25, -0.2) is 18.1 Å². The summed E-state index contributed by atoms with van der Waals surface area (Å²) >= 11 is 0. The maximum Gasteiger partial charge on any atom is 0.276 e. The van der Waals surface area contributed by atoms with E-state index in [-0.39, 0.29) is 22.3 Å². The molecule has 10 nitrogen and oxygen atoms in total. The summed E-state index contributed by atoms with van der Waals surface area (Å²) in [5, 5.41) is 2.90. The molecule has 3 heterocycles. The van der Waals surface area contributed by atoms with Gasteiger partial charge in [0.2, 0.25) is 10.0 Å². The lowest BCUT2D eigenvalue weighted by Gasteiger charge is -2.33. The molecule has 4 rings (SSSR count). The van der Waals surface area contributed by atoms with Crippen LogP contribution in [0.25, 0.3) is 11.3 Å². The van der Waals surface area contributed by atoms with Crippen molar-refractivity contribution in [2.24, 2.45) is 5.73 Å². The highest BCUT2D eigenvalue weighted by atomic mass is 32.2. The lowest BCUT2D eigenvalue weighted by Crippen LogP contribution is -2.43. The monoisotopic (exact) mass is 537 g/mol. The number of carbonyl (C=O) groups is 1. The summed E-state index contributed by atoms with van der Waals surface area (Å²) in [4.78, 5) is 24.3. The normalized spacial score (nSPS) is 16.3. The van der Waals surface area contributed by atoms with Gasteiger partial charge in [-0.15, -0.1) is 0 Å². The molecule has 38 heavy (non-hydrogen) atoms. The number of aromatic nitrogens is 2. The zero-order valence-electron chi connectivity index (χ0n) is 22.2. The van der Waals surface area contributed by atoms with E-state index in [1.807, 2.05) is 13.0 Å². The first-order valence-electron chi connectivity index (χ1n) is 12.5. The van der Waals surface area contributed by atoms with Crippen molar-refractivity contribution in [3.05, 3.63) is 60.0 Å². The lowest BCUT2D eigenvalue weighted by molar-refractivity contribution is 0.102. The van der Waals surface area contributed by atoms with Crippen LogP contribution in [0.5, 0.6) is 0 Å². The largest absolute Gasteiger partial charge is 0.397 e. The maximum atomic E-state index is 13.4. The number of aryl methyl sites for hydroxylation is 1. The second-order valence-electron chi connectivity index (χ2n) is 10.7. The zero-order valence-corrected chi connectivity index (χ0v) is 23.0. The summed E-state index contributed by atoms with van der Waals surface area (Å²) in [5.74, 6) is -0.490. The second kappa shape index (κ2) is 10.7. The Morgan fingerprint density at radius 3 is 2.63 bits per heavy atom. The van der Waals surface area contributed by atoms with Gasteiger partial charge in [0.05, 0.1) is 33.8 Å². The number of nitrogens with two attached hydrogens (primary N) is 2. The number of piperidine rings is 1. The number of nitrogens with zero attached hydrogens (tertiary/aromatic N) is 3. The van der Waals surface area contributed by atoms with Gasteiger partial charge in [0, 0.05) is 36.4 Å². The molecular formula is C27H35N7O3S. The van der Waals surface area contributed by atoms with Gasteiger partial charge in [-0.05, 0) is 76.4 Å². The predicted octanol–water partition coefficient (Wildman–Crippen LogP) is 3.29. The van der Waals surface area contributed by atoms with Crippen LogP contribution >= 0.6 is 0 Å². The number of anilines is 3. The summed E-state index contributed by atoms with van der Waals surface area (Å²) < 4.78 is 28.5. The smallest absolute Gasteiger partial charge is 0.276 e. The Morgan fingerprint density at radius 2 is 1.92 bits per heavy atom. The van der Waals surface area contributed by atoms with Gasteiger partial charge in [-0.1, -0.05) is 6.07 Å². The molecule has 6 N–H and O–H groups in total. The van der Waals surface area contributed by atoms with Crippen molar-refractivity contribution in [3.8, 4) is 11.3 Å². The first-order chi connectivity index (χ1) is 17.8. The second-order valence-corrected chi connectivity index (χ2v) is 12.3.